The van der Waals surface area contributed by atoms with E-state index in [9.17, 15) is 9.59 Å². The summed E-state index contributed by atoms with van der Waals surface area (Å²) in [6.07, 6.45) is 13.6. The van der Waals surface area contributed by atoms with Crippen LogP contribution in [0.4, 0.5) is 4.79 Å². The second kappa shape index (κ2) is 18.6. The van der Waals surface area contributed by atoms with Crippen molar-refractivity contribution in [2.75, 3.05) is 13.2 Å². The van der Waals surface area contributed by atoms with E-state index in [2.05, 4.69) is 53.8 Å². The van der Waals surface area contributed by atoms with Crippen LogP contribution in [0.3, 0.4) is 0 Å². The van der Waals surface area contributed by atoms with E-state index in [1.165, 1.54) is 87.3 Å². The first-order valence-electron chi connectivity index (χ1n) is 20.3. The quantitative estimate of drug-likeness (QED) is 0.114. The number of fused-ring (bicyclic) bond motifs is 3. The van der Waals surface area contributed by atoms with Crippen molar-refractivity contribution in [1.29, 1.82) is 0 Å². The first-order valence-corrected chi connectivity index (χ1v) is 20.6. The van der Waals surface area contributed by atoms with Gasteiger partial charge in [-0.3, -0.25) is 4.79 Å². The SMILES string of the molecule is O=C(CCNC(=O)OCC1c2ccccc2-c2ccccc21)OC(c1ccccc1)(c1ccc(C2CCCCCCCCCCC2)cc1)c1ccccc1Cl. The van der Waals surface area contributed by atoms with Gasteiger partial charge in [-0.15, -0.1) is 0 Å². The molecule has 55 heavy (non-hydrogen) atoms. The Labute approximate surface area is 331 Å². The van der Waals surface area contributed by atoms with Gasteiger partial charge in [0, 0.05) is 34.2 Å². The van der Waals surface area contributed by atoms with Gasteiger partial charge in [0.15, 0.2) is 5.60 Å². The Morgan fingerprint density at radius 1 is 0.618 bits per heavy atom. The number of hydrogen-bond acceptors (Lipinski definition) is 4. The summed E-state index contributed by atoms with van der Waals surface area (Å²) >= 11 is 6.96. The van der Waals surface area contributed by atoms with Crippen LogP contribution in [0.5, 0.6) is 0 Å². The molecular weight excluding hydrogens is 702 g/mol. The first-order chi connectivity index (χ1) is 27.0. The summed E-state index contributed by atoms with van der Waals surface area (Å²) in [6, 6.07) is 42.5. The highest BCUT2D eigenvalue weighted by atomic mass is 35.5. The van der Waals surface area contributed by atoms with E-state index >= 15 is 0 Å². The van der Waals surface area contributed by atoms with E-state index in [0.29, 0.717) is 16.5 Å². The second-order valence-electron chi connectivity index (χ2n) is 15.1. The third-order valence-electron chi connectivity index (χ3n) is 11.5. The molecule has 1 fully saturated rings. The van der Waals surface area contributed by atoms with Crippen molar-refractivity contribution in [1.82, 2.24) is 5.32 Å². The second-order valence-corrected chi connectivity index (χ2v) is 15.5. The fourth-order valence-corrected chi connectivity index (χ4v) is 8.96. The van der Waals surface area contributed by atoms with E-state index in [1.807, 2.05) is 78.9 Å². The molecule has 1 unspecified atom stereocenters. The van der Waals surface area contributed by atoms with Crippen LogP contribution in [0.15, 0.2) is 127 Å². The number of esters is 1. The highest BCUT2D eigenvalue weighted by Gasteiger charge is 2.42. The molecule has 284 valence electrons. The molecule has 0 spiro atoms. The van der Waals surface area contributed by atoms with Gasteiger partial charge in [0.05, 0.1) is 6.42 Å². The molecule has 1 amide bonds. The van der Waals surface area contributed by atoms with Gasteiger partial charge < -0.3 is 14.8 Å². The maximum absolute atomic E-state index is 14.0. The van der Waals surface area contributed by atoms with Crippen LogP contribution in [0, 0.1) is 0 Å². The maximum atomic E-state index is 14.0. The Morgan fingerprint density at radius 3 is 1.76 bits per heavy atom. The molecule has 1 N–H and O–H groups in total. The van der Waals surface area contributed by atoms with Gasteiger partial charge >= 0.3 is 12.1 Å². The number of benzene rings is 5. The van der Waals surface area contributed by atoms with Crippen molar-refractivity contribution in [2.24, 2.45) is 0 Å². The van der Waals surface area contributed by atoms with Gasteiger partial charge in [-0.05, 0) is 52.6 Å². The summed E-state index contributed by atoms with van der Waals surface area (Å²) in [6.45, 7) is 0.258. The van der Waals surface area contributed by atoms with Crippen LogP contribution >= 0.6 is 11.6 Å². The normalized spacial score (nSPS) is 16.4. The number of halogens is 1. The molecule has 2 aliphatic rings. The Kier molecular flexibility index (Phi) is 13.0. The zero-order chi connectivity index (χ0) is 37.9. The largest absolute Gasteiger partial charge is 0.449 e. The van der Waals surface area contributed by atoms with E-state index in [0.717, 1.165) is 22.3 Å². The number of carbonyl (C=O) groups excluding carboxylic acids is 2. The summed E-state index contributed by atoms with van der Waals surface area (Å²) in [5.41, 5.74) is 6.94. The van der Waals surface area contributed by atoms with Crippen LogP contribution in [0.25, 0.3) is 11.1 Å². The van der Waals surface area contributed by atoms with Gasteiger partial charge in [0.25, 0.3) is 0 Å². The Morgan fingerprint density at radius 2 is 1.15 bits per heavy atom. The molecule has 0 saturated heterocycles. The number of alkyl carbamates (subject to hydrolysis) is 1. The monoisotopic (exact) mass is 753 g/mol. The molecule has 6 heteroatoms. The first kappa shape index (κ1) is 38.4. The van der Waals surface area contributed by atoms with Gasteiger partial charge in [0.2, 0.25) is 0 Å². The van der Waals surface area contributed by atoms with Gasteiger partial charge in [0.1, 0.15) is 6.61 Å². The van der Waals surface area contributed by atoms with Crippen LogP contribution in [-0.4, -0.2) is 25.2 Å². The zero-order valence-corrected chi connectivity index (χ0v) is 32.4. The Balaban J connectivity index is 1.07. The molecule has 0 heterocycles. The van der Waals surface area contributed by atoms with E-state index < -0.39 is 17.7 Å². The molecule has 0 aliphatic heterocycles. The van der Waals surface area contributed by atoms with Gasteiger partial charge in [-0.25, -0.2) is 4.79 Å². The molecular formula is C49H52ClNO4. The number of carbonyl (C=O) groups is 2. The van der Waals surface area contributed by atoms with Crippen molar-refractivity contribution >= 4 is 23.7 Å². The summed E-state index contributed by atoms with van der Waals surface area (Å²) in [4.78, 5) is 26.9. The molecule has 5 aromatic rings. The Hall–Kier alpha value is -4.87. The number of hydrogen-bond donors (Lipinski definition) is 1. The van der Waals surface area contributed by atoms with Crippen LogP contribution in [0.1, 0.15) is 122 Å². The lowest BCUT2D eigenvalue weighted by Crippen LogP contribution is -2.37. The molecule has 5 nitrogen and oxygen atoms in total. The molecule has 0 bridgehead atoms. The maximum Gasteiger partial charge on any atom is 0.407 e. The lowest BCUT2D eigenvalue weighted by Gasteiger charge is -2.36. The summed E-state index contributed by atoms with van der Waals surface area (Å²) < 4.78 is 12.4. The average Bonchev–Trinajstić information content (AvgIpc) is 3.53. The summed E-state index contributed by atoms with van der Waals surface area (Å²) in [7, 11) is 0. The van der Waals surface area contributed by atoms with Crippen LogP contribution < -0.4 is 5.32 Å². The topological polar surface area (TPSA) is 64.6 Å². The van der Waals surface area contributed by atoms with E-state index in [1.54, 1.807) is 0 Å². The molecule has 2 aliphatic carbocycles. The molecule has 5 aromatic carbocycles. The lowest BCUT2D eigenvalue weighted by atomic mass is 9.78. The Bertz CT molecular complexity index is 1970. The average molecular weight is 754 g/mol. The number of rotatable bonds is 10. The standard InChI is InChI=1S/C49H52ClNO4/c50-46-28-18-17-27-45(46)49(38-21-11-8-12-22-38,39-31-29-37(30-32-39)36-19-9-6-4-2-1-3-5-7-10-20-36)55-47(52)33-34-51-48(53)54-35-44-42-25-15-13-23-40(42)41-24-14-16-26-43(41)44/h8,11-18,21-32,36,44H,1-7,9-10,19-20,33-35H2,(H,51,53). The number of amides is 1. The predicted molar refractivity (Wildman–Crippen MR) is 222 cm³/mol. The van der Waals surface area contributed by atoms with Crippen molar-refractivity contribution in [3.63, 3.8) is 0 Å². The minimum Gasteiger partial charge on any atom is -0.449 e. The van der Waals surface area contributed by atoms with Crippen LogP contribution in [-0.2, 0) is 19.9 Å². The minimum atomic E-state index is -1.31. The number of ether oxygens (including phenoxy) is 2. The smallest absolute Gasteiger partial charge is 0.407 e. The van der Waals surface area contributed by atoms with Crippen LogP contribution in [0.2, 0.25) is 5.02 Å². The van der Waals surface area contributed by atoms with Crippen molar-refractivity contribution in [2.45, 2.75) is 94.5 Å². The van der Waals surface area contributed by atoms with Crippen molar-refractivity contribution in [3.8, 4) is 11.1 Å². The third kappa shape index (κ3) is 9.00. The molecule has 7 rings (SSSR count). The molecule has 1 atom stereocenters. The molecule has 0 aromatic heterocycles. The van der Waals surface area contributed by atoms with E-state index in [4.69, 9.17) is 21.1 Å². The molecule has 1 saturated carbocycles. The number of nitrogens with one attached hydrogen (secondary N) is 1. The van der Waals surface area contributed by atoms with Gasteiger partial charge in [-0.2, -0.15) is 0 Å². The third-order valence-corrected chi connectivity index (χ3v) is 11.9. The van der Waals surface area contributed by atoms with Crippen molar-refractivity contribution < 1.29 is 19.1 Å². The van der Waals surface area contributed by atoms with Crippen molar-refractivity contribution in [3.05, 3.63) is 166 Å². The van der Waals surface area contributed by atoms with E-state index in [-0.39, 0.29) is 25.5 Å². The summed E-state index contributed by atoms with van der Waals surface area (Å²) in [5, 5.41) is 3.28. The zero-order valence-electron chi connectivity index (χ0n) is 31.7. The highest BCUT2D eigenvalue weighted by molar-refractivity contribution is 6.31. The highest BCUT2D eigenvalue weighted by Crippen LogP contribution is 2.46. The fraction of sp³-hybridized carbons (Fsp3) is 0.347. The summed E-state index contributed by atoms with van der Waals surface area (Å²) in [5.74, 6) is -0.00979. The minimum absolute atomic E-state index is 0.0492. The predicted octanol–water partition coefficient (Wildman–Crippen LogP) is 12.5. The van der Waals surface area contributed by atoms with Gasteiger partial charge in [-0.1, -0.05) is 191 Å². The fourth-order valence-electron chi connectivity index (χ4n) is 8.69. The lowest BCUT2D eigenvalue weighted by molar-refractivity contribution is -0.153. The molecule has 0 radical (unpaired) electrons.